The monoisotopic (exact) mass is 188 g/mol. The van der Waals surface area contributed by atoms with Crippen molar-refractivity contribution < 1.29 is 0 Å². The van der Waals surface area contributed by atoms with Gasteiger partial charge in [0.15, 0.2) is 6.17 Å². The Balaban J connectivity index is 2.36. The second-order valence-corrected chi connectivity index (χ2v) is 2.80. The van der Waals surface area contributed by atoms with Crippen LogP contribution >= 0.6 is 0 Å². The van der Waals surface area contributed by atoms with Crippen molar-refractivity contribution in [2.45, 2.75) is 6.17 Å². The van der Waals surface area contributed by atoms with Crippen LogP contribution in [-0.2, 0) is 0 Å². The van der Waals surface area contributed by atoms with Crippen LogP contribution < -0.4 is 0 Å². The minimum Gasteiger partial charge on any atom is -0.290 e. The largest absolute Gasteiger partial charge is 0.290 e. The summed E-state index contributed by atoms with van der Waals surface area (Å²) in [4.78, 5) is 10.7. The van der Waals surface area contributed by atoms with Crippen LogP contribution in [0.4, 0.5) is 0 Å². The molecule has 5 heteroatoms. The van der Waals surface area contributed by atoms with Crippen LogP contribution in [0.15, 0.2) is 48.2 Å². The van der Waals surface area contributed by atoms with Gasteiger partial charge in [0.25, 0.3) is 0 Å². The molecule has 0 aliphatic rings. The lowest BCUT2D eigenvalue weighted by Gasteiger charge is -2.08. The molecule has 1 atom stereocenters. The van der Waals surface area contributed by atoms with Crippen molar-refractivity contribution in [1.82, 2.24) is 14.8 Å². The van der Waals surface area contributed by atoms with E-state index in [-0.39, 0.29) is 0 Å². The molecule has 0 N–H and O–H groups in total. The number of nitrogens with zero attached hydrogens (tertiary/aromatic N) is 4. The van der Waals surface area contributed by atoms with Crippen molar-refractivity contribution in [3.05, 3.63) is 53.5 Å². The molecule has 0 aliphatic carbocycles. The highest BCUT2D eigenvalue weighted by molar-refractivity contribution is 5.19. The number of hydrogen-bond acceptors (Lipinski definition) is 4. The Morgan fingerprint density at radius 3 is 2.36 bits per heavy atom. The van der Waals surface area contributed by atoms with E-state index < -0.39 is 6.17 Å². The quantitative estimate of drug-likeness (QED) is 0.687. The van der Waals surface area contributed by atoms with Gasteiger partial charge in [-0.05, 0) is 5.18 Å². The van der Waals surface area contributed by atoms with Crippen LogP contribution in [0.5, 0.6) is 0 Å². The first-order valence-corrected chi connectivity index (χ1v) is 4.13. The van der Waals surface area contributed by atoms with Crippen molar-refractivity contribution in [1.29, 1.82) is 0 Å². The highest BCUT2D eigenvalue weighted by Crippen LogP contribution is 2.17. The Labute approximate surface area is 80.4 Å². The van der Waals surface area contributed by atoms with Gasteiger partial charge in [-0.2, -0.15) is 0 Å². The third-order valence-corrected chi connectivity index (χ3v) is 1.92. The smallest absolute Gasteiger partial charge is 0.195 e. The number of aromatic nitrogens is 3. The Kier molecular flexibility index (Phi) is 2.31. The predicted octanol–water partition coefficient (Wildman–Crippen LogP) is 1.59. The topological polar surface area (TPSA) is 60.1 Å². The van der Waals surface area contributed by atoms with Crippen molar-refractivity contribution in [2.24, 2.45) is 5.18 Å². The van der Waals surface area contributed by atoms with Crippen LogP contribution in [0.1, 0.15) is 11.7 Å². The summed E-state index contributed by atoms with van der Waals surface area (Å²) in [5.74, 6) is 0. The van der Waals surface area contributed by atoms with Crippen LogP contribution in [0.25, 0.3) is 0 Å². The third-order valence-electron chi connectivity index (χ3n) is 1.92. The molecule has 0 bridgehead atoms. The molecule has 5 nitrogen and oxygen atoms in total. The summed E-state index contributed by atoms with van der Waals surface area (Å²) in [6.07, 6.45) is 2.36. The fraction of sp³-hybridized carbons (Fsp3) is 0.111. The first-order valence-electron chi connectivity index (χ1n) is 4.13. The first kappa shape index (κ1) is 8.55. The van der Waals surface area contributed by atoms with Gasteiger partial charge in [-0.15, -0.1) is 15.1 Å². The highest BCUT2D eigenvalue weighted by Gasteiger charge is 2.12. The molecule has 0 saturated heterocycles. The van der Waals surface area contributed by atoms with Crippen molar-refractivity contribution in [3.63, 3.8) is 0 Å². The molecule has 0 radical (unpaired) electrons. The average Bonchev–Trinajstić information content (AvgIpc) is 2.74. The van der Waals surface area contributed by atoms with E-state index >= 15 is 0 Å². The molecular weight excluding hydrogens is 180 g/mol. The van der Waals surface area contributed by atoms with Gasteiger partial charge >= 0.3 is 0 Å². The maximum atomic E-state index is 10.7. The fourth-order valence-electron chi connectivity index (χ4n) is 1.25. The first-order chi connectivity index (χ1) is 6.92. The lowest BCUT2D eigenvalue weighted by Crippen LogP contribution is -2.04. The Morgan fingerprint density at radius 1 is 1.14 bits per heavy atom. The Morgan fingerprint density at radius 2 is 1.79 bits per heavy atom. The van der Waals surface area contributed by atoms with E-state index in [2.05, 4.69) is 15.4 Å². The van der Waals surface area contributed by atoms with Gasteiger partial charge < -0.3 is 0 Å². The van der Waals surface area contributed by atoms with Crippen molar-refractivity contribution in [2.75, 3.05) is 0 Å². The third kappa shape index (κ3) is 1.52. The zero-order chi connectivity index (χ0) is 9.80. The van der Waals surface area contributed by atoms with Gasteiger partial charge in [-0.3, -0.25) is 4.57 Å². The Bertz CT molecular complexity index is 398. The minimum atomic E-state index is -0.578. The zero-order valence-corrected chi connectivity index (χ0v) is 7.32. The number of rotatable bonds is 3. The van der Waals surface area contributed by atoms with Gasteiger partial charge in [0.2, 0.25) is 0 Å². The summed E-state index contributed by atoms with van der Waals surface area (Å²) in [6.45, 7) is 0. The summed E-state index contributed by atoms with van der Waals surface area (Å²) in [7, 11) is 0. The van der Waals surface area contributed by atoms with Gasteiger partial charge in [-0.1, -0.05) is 30.3 Å². The molecular formula is C9H8N4O. The normalized spacial score (nSPS) is 12.3. The zero-order valence-electron chi connectivity index (χ0n) is 7.32. The number of hydrogen-bond donors (Lipinski definition) is 0. The van der Waals surface area contributed by atoms with Crippen LogP contribution in [0.2, 0.25) is 0 Å². The van der Waals surface area contributed by atoms with E-state index in [1.807, 2.05) is 30.3 Å². The van der Waals surface area contributed by atoms with Crippen molar-refractivity contribution >= 4 is 0 Å². The van der Waals surface area contributed by atoms with E-state index in [0.29, 0.717) is 0 Å². The molecule has 2 rings (SSSR count). The molecule has 0 aliphatic heterocycles. The fourth-order valence-corrected chi connectivity index (χ4v) is 1.25. The van der Waals surface area contributed by atoms with E-state index in [1.165, 1.54) is 12.7 Å². The highest BCUT2D eigenvalue weighted by atomic mass is 16.3. The average molecular weight is 188 g/mol. The molecule has 70 valence electrons. The van der Waals surface area contributed by atoms with E-state index in [4.69, 9.17) is 0 Å². The second-order valence-electron chi connectivity index (χ2n) is 2.80. The molecule has 2 aromatic rings. The van der Waals surface area contributed by atoms with E-state index in [9.17, 15) is 4.91 Å². The lowest BCUT2D eigenvalue weighted by molar-refractivity contribution is 0.605. The van der Waals surface area contributed by atoms with Crippen LogP contribution in [0.3, 0.4) is 0 Å². The molecule has 1 heterocycles. The second kappa shape index (κ2) is 3.78. The van der Waals surface area contributed by atoms with Crippen LogP contribution in [-0.4, -0.2) is 14.8 Å². The molecule has 0 saturated carbocycles. The SMILES string of the molecule is O=NC(c1ccccc1)n1cnnc1. The Hall–Kier alpha value is -2.04. The maximum Gasteiger partial charge on any atom is 0.195 e. The summed E-state index contributed by atoms with van der Waals surface area (Å²) in [6, 6.07) is 9.28. The number of nitroso groups, excluding NO2 is 1. The minimum absolute atomic E-state index is 0.578. The standard InChI is InChI=1S/C9H8N4O/c14-12-9(13-6-10-11-7-13)8-4-2-1-3-5-8/h1-7,9H. The summed E-state index contributed by atoms with van der Waals surface area (Å²) in [5.41, 5.74) is 0.822. The lowest BCUT2D eigenvalue weighted by atomic mass is 10.2. The van der Waals surface area contributed by atoms with Crippen LogP contribution in [0, 0.1) is 4.91 Å². The summed E-state index contributed by atoms with van der Waals surface area (Å²) in [5, 5.41) is 10.3. The summed E-state index contributed by atoms with van der Waals surface area (Å²) < 4.78 is 1.56. The van der Waals surface area contributed by atoms with Gasteiger partial charge in [-0.25, -0.2) is 0 Å². The predicted molar refractivity (Wildman–Crippen MR) is 50.4 cm³/mol. The molecule has 1 unspecified atom stereocenters. The molecule has 1 aromatic heterocycles. The molecule has 1 aromatic carbocycles. The molecule has 0 amide bonds. The van der Waals surface area contributed by atoms with Gasteiger partial charge in [0.05, 0.1) is 0 Å². The maximum absolute atomic E-state index is 10.7. The number of benzene rings is 1. The van der Waals surface area contributed by atoms with Crippen molar-refractivity contribution in [3.8, 4) is 0 Å². The van der Waals surface area contributed by atoms with E-state index in [0.717, 1.165) is 5.56 Å². The molecule has 14 heavy (non-hydrogen) atoms. The molecule has 0 fully saturated rings. The van der Waals surface area contributed by atoms with Gasteiger partial charge in [0, 0.05) is 5.56 Å². The van der Waals surface area contributed by atoms with E-state index in [1.54, 1.807) is 4.57 Å². The summed E-state index contributed by atoms with van der Waals surface area (Å²) >= 11 is 0. The van der Waals surface area contributed by atoms with Gasteiger partial charge in [0.1, 0.15) is 12.7 Å². The molecule has 0 spiro atoms.